The van der Waals surface area contributed by atoms with Crippen LogP contribution >= 0.6 is 11.6 Å². The van der Waals surface area contributed by atoms with Crippen LogP contribution in [0.4, 0.5) is 4.39 Å². The second kappa shape index (κ2) is 4.88. The molecule has 0 bridgehead atoms. The maximum Gasteiger partial charge on any atom is 0.128 e. The third kappa shape index (κ3) is 2.50. The number of nitrogens with zero attached hydrogens (tertiary/aromatic N) is 2. The number of hydrogen-bond acceptors (Lipinski definition) is 1. The highest BCUT2D eigenvalue weighted by atomic mass is 35.5. The minimum absolute atomic E-state index is 0.192. The summed E-state index contributed by atoms with van der Waals surface area (Å²) < 4.78 is 15.4. The molecular formula is C13H14ClFN2. The number of aromatic nitrogens is 2. The Morgan fingerprint density at radius 3 is 2.65 bits per heavy atom. The number of halogens is 2. The van der Waals surface area contributed by atoms with E-state index in [0.29, 0.717) is 11.6 Å². The second-order valence-electron chi connectivity index (χ2n) is 4.24. The van der Waals surface area contributed by atoms with Crippen LogP contribution in [0.2, 0.25) is 0 Å². The average Bonchev–Trinajstić information content (AvgIpc) is 2.78. The molecule has 0 atom stereocenters. The first-order chi connectivity index (χ1) is 8.11. The lowest BCUT2D eigenvalue weighted by Gasteiger charge is -2.04. The maximum atomic E-state index is 13.6. The normalized spacial score (nSPS) is 11.1. The van der Waals surface area contributed by atoms with Crippen LogP contribution in [-0.2, 0) is 5.88 Å². The van der Waals surface area contributed by atoms with Crippen LogP contribution in [0.3, 0.4) is 0 Å². The van der Waals surface area contributed by atoms with Gasteiger partial charge in [-0.1, -0.05) is 12.1 Å². The molecule has 4 heteroatoms. The molecule has 0 unspecified atom stereocenters. The van der Waals surface area contributed by atoms with E-state index in [1.54, 1.807) is 12.3 Å². The topological polar surface area (TPSA) is 17.8 Å². The van der Waals surface area contributed by atoms with Gasteiger partial charge in [0.1, 0.15) is 5.82 Å². The molecule has 0 saturated heterocycles. The van der Waals surface area contributed by atoms with Gasteiger partial charge in [-0.15, -0.1) is 11.6 Å². The van der Waals surface area contributed by atoms with Gasteiger partial charge in [-0.05, 0) is 25.5 Å². The zero-order valence-electron chi connectivity index (χ0n) is 9.82. The van der Waals surface area contributed by atoms with E-state index in [1.807, 2.05) is 30.8 Å². The van der Waals surface area contributed by atoms with E-state index in [0.717, 1.165) is 11.1 Å². The Morgan fingerprint density at radius 2 is 2.12 bits per heavy atom. The van der Waals surface area contributed by atoms with Crippen molar-refractivity contribution in [1.82, 2.24) is 9.78 Å². The van der Waals surface area contributed by atoms with Crippen LogP contribution in [0.25, 0.3) is 11.1 Å². The predicted molar refractivity (Wildman–Crippen MR) is 67.6 cm³/mol. The highest BCUT2D eigenvalue weighted by Gasteiger charge is 2.07. The van der Waals surface area contributed by atoms with Gasteiger partial charge in [0.25, 0.3) is 0 Å². The summed E-state index contributed by atoms with van der Waals surface area (Å²) in [5, 5.41) is 4.23. The van der Waals surface area contributed by atoms with Crippen molar-refractivity contribution in [3.63, 3.8) is 0 Å². The lowest BCUT2D eigenvalue weighted by molar-refractivity contribution is 0.532. The molecule has 0 radical (unpaired) electrons. The van der Waals surface area contributed by atoms with E-state index >= 15 is 0 Å². The molecule has 2 nitrogen and oxygen atoms in total. The van der Waals surface area contributed by atoms with Gasteiger partial charge in [0.05, 0.1) is 12.1 Å². The largest absolute Gasteiger partial charge is 0.270 e. The Hall–Kier alpha value is -1.35. The third-order valence-corrected chi connectivity index (χ3v) is 2.95. The van der Waals surface area contributed by atoms with Gasteiger partial charge in [0.2, 0.25) is 0 Å². The van der Waals surface area contributed by atoms with Crippen LogP contribution < -0.4 is 0 Å². The summed E-state index contributed by atoms with van der Waals surface area (Å²) in [4.78, 5) is 0. The Balaban J connectivity index is 2.36. The lowest BCUT2D eigenvalue weighted by Crippen LogP contribution is -1.99. The number of rotatable bonds is 3. The fourth-order valence-electron chi connectivity index (χ4n) is 1.60. The first-order valence-electron chi connectivity index (χ1n) is 5.50. The smallest absolute Gasteiger partial charge is 0.128 e. The molecule has 0 spiro atoms. The minimum Gasteiger partial charge on any atom is -0.270 e. The van der Waals surface area contributed by atoms with Gasteiger partial charge in [0, 0.05) is 23.4 Å². The maximum absolute atomic E-state index is 13.6. The van der Waals surface area contributed by atoms with Crippen molar-refractivity contribution < 1.29 is 4.39 Å². The van der Waals surface area contributed by atoms with E-state index in [9.17, 15) is 4.39 Å². The van der Waals surface area contributed by atoms with Gasteiger partial charge >= 0.3 is 0 Å². The molecule has 1 aromatic heterocycles. The summed E-state index contributed by atoms with van der Waals surface area (Å²) in [6.07, 6.45) is 3.66. The number of alkyl halides is 1. The van der Waals surface area contributed by atoms with Gasteiger partial charge in [0.15, 0.2) is 0 Å². The highest BCUT2D eigenvalue weighted by molar-refractivity contribution is 6.17. The molecule has 90 valence electrons. The van der Waals surface area contributed by atoms with E-state index < -0.39 is 0 Å². The van der Waals surface area contributed by atoms with Gasteiger partial charge in [-0.2, -0.15) is 5.10 Å². The lowest BCUT2D eigenvalue weighted by atomic mass is 10.1. The SMILES string of the molecule is CC(C)n1cc(-c2ccc(CCl)c(F)c2)cn1. The van der Waals surface area contributed by atoms with Crippen molar-refractivity contribution in [3.05, 3.63) is 42.0 Å². The molecule has 0 N–H and O–H groups in total. The Morgan fingerprint density at radius 1 is 1.35 bits per heavy atom. The van der Waals surface area contributed by atoms with Crippen molar-refractivity contribution in [3.8, 4) is 11.1 Å². The van der Waals surface area contributed by atoms with Gasteiger partial charge in [-0.25, -0.2) is 4.39 Å². The van der Waals surface area contributed by atoms with E-state index in [2.05, 4.69) is 5.10 Å². The quantitative estimate of drug-likeness (QED) is 0.755. The van der Waals surface area contributed by atoms with Crippen LogP contribution in [-0.4, -0.2) is 9.78 Å². The molecule has 17 heavy (non-hydrogen) atoms. The molecule has 2 aromatic rings. The third-order valence-electron chi connectivity index (χ3n) is 2.66. The molecule has 0 saturated carbocycles. The van der Waals surface area contributed by atoms with Crippen molar-refractivity contribution >= 4 is 11.6 Å². The van der Waals surface area contributed by atoms with Crippen molar-refractivity contribution in [1.29, 1.82) is 0 Å². The fraction of sp³-hybridized carbons (Fsp3) is 0.308. The summed E-state index contributed by atoms with van der Waals surface area (Å²) in [6, 6.07) is 5.38. The molecule has 0 aliphatic carbocycles. The van der Waals surface area contributed by atoms with Crippen molar-refractivity contribution in [2.75, 3.05) is 0 Å². The molecule has 0 amide bonds. The van der Waals surface area contributed by atoms with Crippen molar-refractivity contribution in [2.24, 2.45) is 0 Å². The Labute approximate surface area is 105 Å². The molecular weight excluding hydrogens is 239 g/mol. The average molecular weight is 253 g/mol. The van der Waals surface area contributed by atoms with Crippen LogP contribution in [0.1, 0.15) is 25.5 Å². The summed E-state index contributed by atoms with van der Waals surface area (Å²) >= 11 is 5.62. The zero-order chi connectivity index (χ0) is 12.4. The standard InChI is InChI=1S/C13H14ClFN2/c1-9(2)17-8-12(7-16-17)10-3-4-11(6-14)13(15)5-10/h3-5,7-9H,6H2,1-2H3. The van der Waals surface area contributed by atoms with Crippen LogP contribution in [0.15, 0.2) is 30.6 Å². The molecule has 2 rings (SSSR count). The second-order valence-corrected chi connectivity index (χ2v) is 4.51. The Bertz CT molecular complexity index is 520. The summed E-state index contributed by atoms with van der Waals surface area (Å²) in [6.45, 7) is 4.10. The molecule has 1 aromatic carbocycles. The van der Waals surface area contributed by atoms with Gasteiger partial charge < -0.3 is 0 Å². The Kier molecular flexibility index (Phi) is 3.48. The predicted octanol–water partition coefficient (Wildman–Crippen LogP) is 4.01. The fourth-order valence-corrected chi connectivity index (χ4v) is 1.82. The van der Waals surface area contributed by atoms with Crippen LogP contribution in [0, 0.1) is 5.82 Å². The molecule has 0 fully saturated rings. The monoisotopic (exact) mass is 252 g/mol. The van der Waals surface area contributed by atoms with E-state index in [-0.39, 0.29) is 11.7 Å². The van der Waals surface area contributed by atoms with E-state index in [4.69, 9.17) is 11.6 Å². The highest BCUT2D eigenvalue weighted by Crippen LogP contribution is 2.23. The molecule has 0 aliphatic heterocycles. The summed E-state index contributed by atoms with van der Waals surface area (Å²) in [5.74, 6) is -0.0769. The molecule has 0 aliphatic rings. The summed E-state index contributed by atoms with van der Waals surface area (Å²) in [7, 11) is 0. The molecule has 1 heterocycles. The van der Waals surface area contributed by atoms with Crippen LogP contribution in [0.5, 0.6) is 0 Å². The van der Waals surface area contributed by atoms with E-state index in [1.165, 1.54) is 6.07 Å². The first-order valence-corrected chi connectivity index (χ1v) is 6.04. The van der Waals surface area contributed by atoms with Gasteiger partial charge in [-0.3, -0.25) is 4.68 Å². The van der Waals surface area contributed by atoms with Crippen molar-refractivity contribution in [2.45, 2.75) is 25.8 Å². The zero-order valence-corrected chi connectivity index (χ0v) is 10.6. The number of benzene rings is 1. The first kappa shape index (κ1) is 12.1. The number of hydrogen-bond donors (Lipinski definition) is 0. The minimum atomic E-state index is -0.269. The summed E-state index contributed by atoms with van der Waals surface area (Å²) in [5.41, 5.74) is 2.26.